The predicted octanol–water partition coefficient (Wildman–Crippen LogP) is 0.590. The molecule has 0 saturated heterocycles. The predicted molar refractivity (Wildman–Crippen MR) is 57.2 cm³/mol. The van der Waals surface area contributed by atoms with Crippen LogP contribution in [-0.2, 0) is 6.42 Å². The maximum atomic E-state index is 11.5. The zero-order valence-electron chi connectivity index (χ0n) is 8.91. The highest BCUT2D eigenvalue weighted by Gasteiger charge is 2.13. The number of ether oxygens (including phenoxy) is 1. The Labute approximate surface area is 88.9 Å². The highest BCUT2D eigenvalue weighted by molar-refractivity contribution is 5.97. The summed E-state index contributed by atoms with van der Waals surface area (Å²) in [6, 6.07) is 5.30. The topological polar surface area (TPSA) is 58.6 Å². The van der Waals surface area contributed by atoms with Gasteiger partial charge < -0.3 is 15.2 Å². The molecule has 0 saturated carbocycles. The molecule has 0 fully saturated rings. The molecule has 0 bridgehead atoms. The molecule has 2 N–H and O–H groups in total. The summed E-state index contributed by atoms with van der Waals surface area (Å²) >= 11 is 0. The lowest BCUT2D eigenvalue weighted by molar-refractivity contribution is 0.0960. The van der Waals surface area contributed by atoms with Crippen molar-refractivity contribution in [2.45, 2.75) is 6.42 Å². The summed E-state index contributed by atoms with van der Waals surface area (Å²) in [5.74, 6) is 0.345. The molecule has 15 heavy (non-hydrogen) atoms. The highest BCUT2D eigenvalue weighted by atomic mass is 16.5. The first kappa shape index (κ1) is 11.5. The first-order chi connectivity index (χ1) is 7.24. The lowest BCUT2D eigenvalue weighted by atomic mass is 10.1. The van der Waals surface area contributed by atoms with Crippen LogP contribution >= 0.6 is 0 Å². The number of carbonyl (C=O) groups is 1. The monoisotopic (exact) mass is 209 g/mol. The van der Waals surface area contributed by atoms with Crippen molar-refractivity contribution in [2.24, 2.45) is 0 Å². The Kier molecular flexibility index (Phi) is 4.12. The standard InChI is InChI=1S/C11H15NO3/c1-12-11(14)9-5-3-4-8(6-7-13)10(9)15-2/h3-5,13H,6-7H2,1-2H3,(H,12,14). The van der Waals surface area contributed by atoms with Gasteiger partial charge in [0.25, 0.3) is 5.91 Å². The Morgan fingerprint density at radius 3 is 2.80 bits per heavy atom. The number of rotatable bonds is 4. The van der Waals surface area contributed by atoms with Gasteiger partial charge in [0.2, 0.25) is 0 Å². The van der Waals surface area contributed by atoms with Crippen LogP contribution in [0.25, 0.3) is 0 Å². The number of carbonyl (C=O) groups excluding carboxylic acids is 1. The van der Waals surface area contributed by atoms with Crippen LogP contribution in [0.1, 0.15) is 15.9 Å². The van der Waals surface area contributed by atoms with Gasteiger partial charge in [0.15, 0.2) is 0 Å². The molecule has 1 aromatic rings. The summed E-state index contributed by atoms with van der Waals surface area (Å²) in [5, 5.41) is 11.4. The van der Waals surface area contributed by atoms with Crippen LogP contribution in [0.4, 0.5) is 0 Å². The van der Waals surface area contributed by atoms with E-state index in [4.69, 9.17) is 9.84 Å². The van der Waals surface area contributed by atoms with E-state index < -0.39 is 0 Å². The Morgan fingerprint density at radius 1 is 1.53 bits per heavy atom. The lowest BCUT2D eigenvalue weighted by Gasteiger charge is -2.11. The smallest absolute Gasteiger partial charge is 0.254 e. The fourth-order valence-electron chi connectivity index (χ4n) is 1.46. The van der Waals surface area contributed by atoms with Crippen molar-refractivity contribution in [1.29, 1.82) is 0 Å². The highest BCUT2D eigenvalue weighted by Crippen LogP contribution is 2.23. The summed E-state index contributed by atoms with van der Waals surface area (Å²) in [6.07, 6.45) is 0.480. The van der Waals surface area contributed by atoms with Crippen LogP contribution in [0.15, 0.2) is 18.2 Å². The quantitative estimate of drug-likeness (QED) is 0.763. The van der Waals surface area contributed by atoms with Gasteiger partial charge in [-0.2, -0.15) is 0 Å². The van der Waals surface area contributed by atoms with Crippen molar-refractivity contribution < 1.29 is 14.6 Å². The number of para-hydroxylation sites is 1. The van der Waals surface area contributed by atoms with E-state index in [1.807, 2.05) is 6.07 Å². The SMILES string of the molecule is CNC(=O)c1cccc(CCO)c1OC. The number of nitrogens with one attached hydrogen (secondary N) is 1. The molecular weight excluding hydrogens is 194 g/mol. The molecule has 0 atom stereocenters. The molecule has 1 rings (SSSR count). The summed E-state index contributed by atoms with van der Waals surface area (Å²) in [6.45, 7) is 0.0353. The third-order valence-electron chi connectivity index (χ3n) is 2.15. The fourth-order valence-corrected chi connectivity index (χ4v) is 1.46. The average Bonchev–Trinajstić information content (AvgIpc) is 2.28. The third kappa shape index (κ3) is 2.47. The second kappa shape index (κ2) is 5.36. The van der Waals surface area contributed by atoms with E-state index >= 15 is 0 Å². The molecule has 0 aliphatic carbocycles. The molecule has 1 amide bonds. The summed E-state index contributed by atoms with van der Waals surface area (Å²) in [7, 11) is 3.09. The van der Waals surface area contributed by atoms with Crippen molar-refractivity contribution in [2.75, 3.05) is 20.8 Å². The zero-order valence-corrected chi connectivity index (χ0v) is 8.91. The van der Waals surface area contributed by atoms with Gasteiger partial charge in [-0.3, -0.25) is 4.79 Å². The average molecular weight is 209 g/mol. The van der Waals surface area contributed by atoms with Crippen molar-refractivity contribution in [3.63, 3.8) is 0 Å². The number of methoxy groups -OCH3 is 1. The maximum Gasteiger partial charge on any atom is 0.254 e. The van der Waals surface area contributed by atoms with Gasteiger partial charge in [0, 0.05) is 13.7 Å². The normalized spacial score (nSPS) is 9.80. The second-order valence-electron chi connectivity index (χ2n) is 3.05. The van der Waals surface area contributed by atoms with E-state index in [1.54, 1.807) is 19.2 Å². The van der Waals surface area contributed by atoms with E-state index in [1.165, 1.54) is 7.11 Å². The molecule has 0 aromatic heterocycles. The van der Waals surface area contributed by atoms with Crippen molar-refractivity contribution >= 4 is 5.91 Å². The molecule has 4 heteroatoms. The van der Waals surface area contributed by atoms with Crippen LogP contribution in [-0.4, -0.2) is 31.8 Å². The molecule has 0 unspecified atom stereocenters. The van der Waals surface area contributed by atoms with E-state index in [2.05, 4.69) is 5.32 Å². The van der Waals surface area contributed by atoms with Gasteiger partial charge in [-0.15, -0.1) is 0 Å². The minimum absolute atomic E-state index is 0.0353. The van der Waals surface area contributed by atoms with Crippen LogP contribution in [0.5, 0.6) is 5.75 Å². The largest absolute Gasteiger partial charge is 0.496 e. The number of hydrogen-bond donors (Lipinski definition) is 2. The third-order valence-corrected chi connectivity index (χ3v) is 2.15. The molecule has 4 nitrogen and oxygen atoms in total. The molecule has 0 radical (unpaired) electrons. The number of amides is 1. The number of benzene rings is 1. The lowest BCUT2D eigenvalue weighted by Crippen LogP contribution is -2.19. The molecule has 0 aliphatic heterocycles. The van der Waals surface area contributed by atoms with Crippen molar-refractivity contribution in [3.8, 4) is 5.75 Å². The Hall–Kier alpha value is -1.55. The molecule has 0 aliphatic rings. The summed E-state index contributed by atoms with van der Waals surface area (Å²) in [5.41, 5.74) is 1.33. The second-order valence-corrected chi connectivity index (χ2v) is 3.05. The molecular formula is C11H15NO3. The molecule has 0 spiro atoms. The number of aliphatic hydroxyl groups is 1. The fraction of sp³-hybridized carbons (Fsp3) is 0.364. The molecule has 82 valence electrons. The van der Waals surface area contributed by atoms with Gasteiger partial charge in [0.1, 0.15) is 5.75 Å². The van der Waals surface area contributed by atoms with Crippen molar-refractivity contribution in [3.05, 3.63) is 29.3 Å². The minimum Gasteiger partial charge on any atom is -0.496 e. The van der Waals surface area contributed by atoms with Crippen LogP contribution in [0.3, 0.4) is 0 Å². The Balaban J connectivity index is 3.15. The van der Waals surface area contributed by atoms with Gasteiger partial charge in [-0.1, -0.05) is 12.1 Å². The van der Waals surface area contributed by atoms with Gasteiger partial charge >= 0.3 is 0 Å². The van der Waals surface area contributed by atoms with Gasteiger partial charge in [0.05, 0.1) is 12.7 Å². The first-order valence-corrected chi connectivity index (χ1v) is 4.73. The maximum absolute atomic E-state index is 11.5. The molecule has 1 aromatic carbocycles. The van der Waals surface area contributed by atoms with Crippen molar-refractivity contribution in [1.82, 2.24) is 5.32 Å². The Morgan fingerprint density at radius 2 is 2.27 bits per heavy atom. The summed E-state index contributed by atoms with van der Waals surface area (Å²) in [4.78, 5) is 11.5. The van der Waals surface area contributed by atoms with E-state index in [9.17, 15) is 4.79 Å². The van der Waals surface area contributed by atoms with Crippen LogP contribution in [0.2, 0.25) is 0 Å². The number of aliphatic hydroxyl groups excluding tert-OH is 1. The van der Waals surface area contributed by atoms with E-state index in [0.717, 1.165) is 5.56 Å². The van der Waals surface area contributed by atoms with Gasteiger partial charge in [-0.25, -0.2) is 0 Å². The Bertz CT molecular complexity index is 350. The van der Waals surface area contributed by atoms with E-state index in [0.29, 0.717) is 17.7 Å². The number of hydrogen-bond acceptors (Lipinski definition) is 3. The molecule has 0 heterocycles. The van der Waals surface area contributed by atoms with Crippen LogP contribution in [0, 0.1) is 0 Å². The summed E-state index contributed by atoms with van der Waals surface area (Å²) < 4.78 is 5.18. The van der Waals surface area contributed by atoms with Gasteiger partial charge in [-0.05, 0) is 18.1 Å². The first-order valence-electron chi connectivity index (χ1n) is 4.73. The minimum atomic E-state index is -0.188. The van der Waals surface area contributed by atoms with Crippen LogP contribution < -0.4 is 10.1 Å². The van der Waals surface area contributed by atoms with E-state index in [-0.39, 0.29) is 12.5 Å². The zero-order chi connectivity index (χ0) is 11.3.